The first-order chi connectivity index (χ1) is 11.5. The maximum absolute atomic E-state index is 12.9. The Hall–Kier alpha value is -2.53. The van der Waals surface area contributed by atoms with Crippen LogP contribution in [0.1, 0.15) is 24.1 Å². The zero-order valence-electron chi connectivity index (χ0n) is 12.9. The smallest absolute Gasteiger partial charge is 0.244 e. The van der Waals surface area contributed by atoms with E-state index in [-0.39, 0.29) is 24.6 Å². The van der Waals surface area contributed by atoms with E-state index in [0.717, 1.165) is 11.1 Å². The number of halogens is 2. The van der Waals surface area contributed by atoms with E-state index in [2.05, 4.69) is 5.32 Å². The maximum atomic E-state index is 12.9. The van der Waals surface area contributed by atoms with Crippen LogP contribution in [-0.4, -0.2) is 12.7 Å². The second kappa shape index (κ2) is 6.93. The Bertz CT molecular complexity index is 790. The minimum absolute atomic E-state index is 0.137. The first-order valence-corrected chi connectivity index (χ1v) is 7.74. The van der Waals surface area contributed by atoms with Crippen molar-refractivity contribution in [2.75, 3.05) is 6.79 Å². The zero-order chi connectivity index (χ0) is 17.1. The van der Waals surface area contributed by atoms with E-state index in [0.29, 0.717) is 16.5 Å². The lowest BCUT2D eigenvalue weighted by molar-refractivity contribution is -0.117. The number of benzene rings is 2. The van der Waals surface area contributed by atoms with E-state index in [1.165, 1.54) is 18.2 Å². The van der Waals surface area contributed by atoms with Crippen molar-refractivity contribution in [1.82, 2.24) is 5.32 Å². The molecule has 0 aliphatic carbocycles. The molecular weight excluding hydrogens is 333 g/mol. The van der Waals surface area contributed by atoms with Gasteiger partial charge < -0.3 is 14.8 Å². The lowest BCUT2D eigenvalue weighted by Crippen LogP contribution is -2.24. The number of hydrogen-bond acceptors (Lipinski definition) is 3. The maximum Gasteiger partial charge on any atom is 0.244 e. The molecule has 2 aromatic rings. The summed E-state index contributed by atoms with van der Waals surface area (Å²) in [5.74, 6) is 0.503. The monoisotopic (exact) mass is 347 g/mol. The highest BCUT2D eigenvalue weighted by molar-refractivity contribution is 6.32. The van der Waals surface area contributed by atoms with Crippen LogP contribution in [0, 0.1) is 5.82 Å². The SMILES string of the molecule is CC(NC(=O)/C=C/c1cc(Cl)c2c(c1)OCO2)c1ccc(F)cc1. The van der Waals surface area contributed by atoms with Crippen molar-refractivity contribution in [3.63, 3.8) is 0 Å². The third kappa shape index (κ3) is 3.68. The molecule has 24 heavy (non-hydrogen) atoms. The Balaban J connectivity index is 1.65. The van der Waals surface area contributed by atoms with Crippen molar-refractivity contribution in [1.29, 1.82) is 0 Å². The van der Waals surface area contributed by atoms with Crippen molar-refractivity contribution in [2.24, 2.45) is 0 Å². The van der Waals surface area contributed by atoms with Gasteiger partial charge in [0.2, 0.25) is 12.7 Å². The predicted octanol–water partition coefficient (Wildman–Crippen LogP) is 4.10. The molecule has 0 spiro atoms. The summed E-state index contributed by atoms with van der Waals surface area (Å²) in [4.78, 5) is 12.0. The molecule has 2 aromatic carbocycles. The first-order valence-electron chi connectivity index (χ1n) is 7.36. The summed E-state index contributed by atoms with van der Waals surface area (Å²) >= 11 is 6.10. The molecule has 1 unspecified atom stereocenters. The molecule has 1 amide bonds. The molecule has 0 saturated heterocycles. The second-order valence-electron chi connectivity index (χ2n) is 5.35. The second-order valence-corrected chi connectivity index (χ2v) is 5.76. The molecule has 1 aliphatic rings. The Morgan fingerprint density at radius 1 is 1.29 bits per heavy atom. The van der Waals surface area contributed by atoms with Crippen LogP contribution in [0.15, 0.2) is 42.5 Å². The molecule has 0 aromatic heterocycles. The summed E-state index contributed by atoms with van der Waals surface area (Å²) in [5, 5.41) is 3.25. The highest BCUT2D eigenvalue weighted by Gasteiger charge is 2.17. The molecule has 0 bridgehead atoms. The van der Waals surface area contributed by atoms with Crippen LogP contribution in [0.5, 0.6) is 11.5 Å². The van der Waals surface area contributed by atoms with Gasteiger partial charge in [0, 0.05) is 6.08 Å². The summed E-state index contributed by atoms with van der Waals surface area (Å²) in [7, 11) is 0. The Morgan fingerprint density at radius 2 is 2.04 bits per heavy atom. The number of ether oxygens (including phenoxy) is 2. The van der Waals surface area contributed by atoms with E-state index in [1.54, 1.807) is 30.3 Å². The van der Waals surface area contributed by atoms with Gasteiger partial charge in [0.1, 0.15) is 5.82 Å². The van der Waals surface area contributed by atoms with E-state index >= 15 is 0 Å². The largest absolute Gasteiger partial charge is 0.454 e. The highest BCUT2D eigenvalue weighted by atomic mass is 35.5. The van der Waals surface area contributed by atoms with Gasteiger partial charge in [-0.1, -0.05) is 23.7 Å². The van der Waals surface area contributed by atoms with Gasteiger partial charge in [0.05, 0.1) is 11.1 Å². The van der Waals surface area contributed by atoms with Gasteiger partial charge in [-0.3, -0.25) is 4.79 Å². The average molecular weight is 348 g/mol. The van der Waals surface area contributed by atoms with E-state index < -0.39 is 0 Å². The molecule has 6 heteroatoms. The van der Waals surface area contributed by atoms with Crippen molar-refractivity contribution in [2.45, 2.75) is 13.0 Å². The van der Waals surface area contributed by atoms with E-state index in [4.69, 9.17) is 21.1 Å². The standard InChI is InChI=1S/C18H15ClFNO3/c1-11(13-3-5-14(20)6-4-13)21-17(22)7-2-12-8-15(19)18-16(9-12)23-10-24-18/h2-9,11H,10H2,1H3,(H,21,22)/b7-2+. The minimum Gasteiger partial charge on any atom is -0.454 e. The fourth-order valence-electron chi connectivity index (χ4n) is 2.35. The van der Waals surface area contributed by atoms with Crippen LogP contribution < -0.4 is 14.8 Å². The Morgan fingerprint density at radius 3 is 2.79 bits per heavy atom. The van der Waals surface area contributed by atoms with Crippen molar-refractivity contribution < 1.29 is 18.7 Å². The van der Waals surface area contributed by atoms with Crippen molar-refractivity contribution in [3.05, 3.63) is 64.4 Å². The van der Waals surface area contributed by atoms with Gasteiger partial charge in [0.15, 0.2) is 11.5 Å². The summed E-state index contributed by atoms with van der Waals surface area (Å²) < 4.78 is 23.4. The average Bonchev–Trinajstić information content (AvgIpc) is 3.02. The quantitative estimate of drug-likeness (QED) is 0.847. The number of hydrogen-bond donors (Lipinski definition) is 1. The van der Waals surface area contributed by atoms with Crippen LogP contribution in [0.4, 0.5) is 4.39 Å². The molecular formula is C18H15ClFNO3. The van der Waals surface area contributed by atoms with Crippen LogP contribution in [-0.2, 0) is 4.79 Å². The predicted molar refractivity (Wildman–Crippen MR) is 89.6 cm³/mol. The van der Waals surface area contributed by atoms with Gasteiger partial charge in [-0.05, 0) is 48.4 Å². The summed E-state index contributed by atoms with van der Waals surface area (Å²) in [6.07, 6.45) is 3.05. The number of rotatable bonds is 4. The minimum atomic E-state index is -0.308. The lowest BCUT2D eigenvalue weighted by atomic mass is 10.1. The molecule has 0 radical (unpaired) electrons. The first kappa shape index (κ1) is 16.3. The summed E-state index contributed by atoms with van der Waals surface area (Å²) in [6.45, 7) is 1.97. The number of amides is 1. The topological polar surface area (TPSA) is 47.6 Å². The molecule has 1 N–H and O–H groups in total. The molecule has 1 heterocycles. The normalized spacial score (nSPS) is 14.0. The number of carbonyl (C=O) groups is 1. The third-order valence-electron chi connectivity index (χ3n) is 3.61. The summed E-state index contributed by atoms with van der Waals surface area (Å²) in [5.41, 5.74) is 1.55. The van der Waals surface area contributed by atoms with Gasteiger partial charge in [-0.2, -0.15) is 0 Å². The number of carbonyl (C=O) groups excluding carboxylic acids is 1. The van der Waals surface area contributed by atoms with Crippen LogP contribution in [0.2, 0.25) is 5.02 Å². The van der Waals surface area contributed by atoms with Crippen molar-refractivity contribution >= 4 is 23.6 Å². The van der Waals surface area contributed by atoms with Gasteiger partial charge >= 0.3 is 0 Å². The molecule has 0 saturated carbocycles. The zero-order valence-corrected chi connectivity index (χ0v) is 13.6. The van der Waals surface area contributed by atoms with E-state index in [1.807, 2.05) is 6.92 Å². The molecule has 3 rings (SSSR count). The molecule has 124 valence electrons. The summed E-state index contributed by atoms with van der Waals surface area (Å²) in [6, 6.07) is 9.22. The number of fused-ring (bicyclic) bond motifs is 1. The van der Waals surface area contributed by atoms with Gasteiger partial charge in [0.25, 0.3) is 0 Å². The van der Waals surface area contributed by atoms with Crippen LogP contribution in [0.3, 0.4) is 0 Å². The van der Waals surface area contributed by atoms with Gasteiger partial charge in [-0.25, -0.2) is 4.39 Å². The fraction of sp³-hybridized carbons (Fsp3) is 0.167. The van der Waals surface area contributed by atoms with Crippen LogP contribution in [0.25, 0.3) is 6.08 Å². The molecule has 1 aliphatic heterocycles. The van der Waals surface area contributed by atoms with Crippen LogP contribution >= 0.6 is 11.6 Å². The Labute approximate surface area is 143 Å². The fourth-order valence-corrected chi connectivity index (χ4v) is 2.63. The van der Waals surface area contributed by atoms with Crippen molar-refractivity contribution in [3.8, 4) is 11.5 Å². The third-order valence-corrected chi connectivity index (χ3v) is 3.89. The lowest BCUT2D eigenvalue weighted by Gasteiger charge is -2.12. The van der Waals surface area contributed by atoms with Gasteiger partial charge in [-0.15, -0.1) is 0 Å². The Kier molecular flexibility index (Phi) is 4.71. The highest BCUT2D eigenvalue weighted by Crippen LogP contribution is 2.40. The molecule has 1 atom stereocenters. The molecule has 0 fully saturated rings. The number of nitrogens with one attached hydrogen (secondary N) is 1. The van der Waals surface area contributed by atoms with E-state index in [9.17, 15) is 9.18 Å². The molecule has 4 nitrogen and oxygen atoms in total.